The number of carbonyl (C=O) groups excluding carboxylic acids is 2. The summed E-state index contributed by atoms with van der Waals surface area (Å²) in [7, 11) is 0. The van der Waals surface area contributed by atoms with E-state index in [2.05, 4.69) is 28.3 Å². The molecule has 2 atom stereocenters. The standard InChI is InChI=1S/C43H48F6N4O8/c1-9-11-23-41(43(47,48)49,57-26-29-21-16-13-17-22-29)36-52-51-35(59-36)33-32(53(37(54)60-39(3,4)5)38(55)61-40(6,7)8)24-31(42(44,45)46)34(50-33)58-30(18-10-2)27-56-25-28-19-14-12-15-20-28/h9-10,12-17,19-22,24,30H,1-2,11,18,23,25-27H2,3-8H3/t30-,41+/m0/s1. The molecule has 4 rings (SSSR count). The molecule has 0 aliphatic carbocycles. The summed E-state index contributed by atoms with van der Waals surface area (Å²) in [6, 6.07) is 17.1. The van der Waals surface area contributed by atoms with Gasteiger partial charge in [0.2, 0.25) is 11.5 Å². The molecule has 0 fully saturated rings. The number of amides is 2. The third-order valence-corrected chi connectivity index (χ3v) is 8.25. The van der Waals surface area contributed by atoms with Crippen LogP contribution in [-0.4, -0.2) is 57.5 Å². The molecule has 0 saturated heterocycles. The van der Waals surface area contributed by atoms with E-state index in [9.17, 15) is 9.59 Å². The van der Waals surface area contributed by atoms with Gasteiger partial charge in [-0.25, -0.2) is 14.6 Å². The van der Waals surface area contributed by atoms with Crippen LogP contribution in [0.4, 0.5) is 41.6 Å². The van der Waals surface area contributed by atoms with E-state index in [4.69, 9.17) is 28.1 Å². The van der Waals surface area contributed by atoms with Gasteiger partial charge in [0.05, 0.1) is 25.5 Å². The van der Waals surface area contributed by atoms with Gasteiger partial charge in [-0.05, 0) is 71.6 Å². The molecular formula is C43H48F6N4O8. The number of ether oxygens (including phenoxy) is 5. The SMILES string of the molecule is C=CCC[C@@](OCc1ccccc1)(c1nnc(-c2nc(O[C@@H](CC=C)COCc3ccccc3)c(C(F)(F)F)cc2N(C(=O)OC(C)(C)C)C(=O)OC(C)(C)C)o1)C(F)(F)F. The van der Waals surface area contributed by atoms with Crippen LogP contribution in [0.25, 0.3) is 11.6 Å². The predicted octanol–water partition coefficient (Wildman–Crippen LogP) is 11.3. The van der Waals surface area contributed by atoms with Crippen molar-refractivity contribution in [2.45, 2.75) is 109 Å². The quantitative estimate of drug-likeness (QED) is 0.0741. The molecule has 330 valence electrons. The zero-order valence-electron chi connectivity index (χ0n) is 34.6. The highest BCUT2D eigenvalue weighted by atomic mass is 19.4. The maximum atomic E-state index is 15.3. The number of nitrogens with zero attached hydrogens (tertiary/aromatic N) is 4. The molecule has 2 aromatic carbocycles. The maximum Gasteiger partial charge on any atom is 0.426 e. The molecule has 0 N–H and O–H groups in total. The summed E-state index contributed by atoms with van der Waals surface area (Å²) in [6.45, 7) is 14.9. The Morgan fingerprint density at radius 1 is 0.803 bits per heavy atom. The van der Waals surface area contributed by atoms with E-state index in [0.29, 0.717) is 11.6 Å². The molecule has 0 bridgehead atoms. The molecular weight excluding hydrogens is 814 g/mol. The average Bonchev–Trinajstić information content (AvgIpc) is 3.64. The van der Waals surface area contributed by atoms with E-state index in [1.807, 2.05) is 0 Å². The lowest BCUT2D eigenvalue weighted by atomic mass is 9.96. The molecule has 18 heteroatoms. The first-order valence-electron chi connectivity index (χ1n) is 19.0. The molecule has 0 spiro atoms. The number of aromatic nitrogens is 3. The van der Waals surface area contributed by atoms with Crippen LogP contribution in [0, 0.1) is 0 Å². The first kappa shape index (κ1) is 47.9. The summed E-state index contributed by atoms with van der Waals surface area (Å²) < 4.78 is 125. The third kappa shape index (κ3) is 13.1. The fraction of sp³-hybridized carbons (Fsp3) is 0.419. The Kier molecular flexibility index (Phi) is 15.5. The number of allylic oxidation sites excluding steroid dienone is 1. The van der Waals surface area contributed by atoms with Crippen LogP contribution >= 0.6 is 0 Å². The molecule has 2 heterocycles. The van der Waals surface area contributed by atoms with Gasteiger partial charge in [-0.2, -0.15) is 31.2 Å². The second-order valence-electron chi connectivity index (χ2n) is 15.6. The van der Waals surface area contributed by atoms with E-state index in [0.717, 1.165) is 5.56 Å². The number of rotatable bonds is 17. The molecule has 0 aliphatic heterocycles. The van der Waals surface area contributed by atoms with Crippen LogP contribution in [0.5, 0.6) is 5.88 Å². The number of alkyl halides is 6. The lowest BCUT2D eigenvalue weighted by molar-refractivity contribution is -0.299. The van der Waals surface area contributed by atoms with Crippen LogP contribution in [-0.2, 0) is 43.9 Å². The Labute approximate surface area is 349 Å². The van der Waals surface area contributed by atoms with Crippen LogP contribution in [0.2, 0.25) is 0 Å². The van der Waals surface area contributed by atoms with Crippen molar-refractivity contribution in [1.82, 2.24) is 15.2 Å². The lowest BCUT2D eigenvalue weighted by Crippen LogP contribution is -2.45. The minimum absolute atomic E-state index is 0.0617. The number of anilines is 1. The van der Waals surface area contributed by atoms with Crippen LogP contribution in [0.3, 0.4) is 0 Å². The predicted molar refractivity (Wildman–Crippen MR) is 211 cm³/mol. The first-order valence-corrected chi connectivity index (χ1v) is 19.0. The maximum absolute atomic E-state index is 15.3. The Hall–Kier alpha value is -5.75. The van der Waals surface area contributed by atoms with E-state index in [1.54, 1.807) is 48.5 Å². The number of hydrogen-bond acceptors (Lipinski definition) is 11. The van der Waals surface area contributed by atoms with Crippen LogP contribution in [0.1, 0.15) is 83.4 Å². The van der Waals surface area contributed by atoms with Gasteiger partial charge in [-0.15, -0.1) is 23.4 Å². The van der Waals surface area contributed by atoms with Gasteiger partial charge in [0.1, 0.15) is 22.9 Å². The van der Waals surface area contributed by atoms with Crippen molar-refractivity contribution in [2.75, 3.05) is 11.5 Å². The Balaban J connectivity index is 1.99. The molecule has 0 aliphatic rings. The van der Waals surface area contributed by atoms with Crippen molar-refractivity contribution in [2.24, 2.45) is 0 Å². The van der Waals surface area contributed by atoms with Gasteiger partial charge in [0.15, 0.2) is 5.69 Å². The van der Waals surface area contributed by atoms with Gasteiger partial charge in [0, 0.05) is 6.42 Å². The molecule has 61 heavy (non-hydrogen) atoms. The zero-order valence-corrected chi connectivity index (χ0v) is 34.6. The smallest absolute Gasteiger partial charge is 0.426 e. The number of imide groups is 1. The average molecular weight is 863 g/mol. The number of carbonyl (C=O) groups is 2. The summed E-state index contributed by atoms with van der Waals surface area (Å²) in [5.74, 6) is -3.26. The minimum Gasteiger partial charge on any atom is -0.471 e. The molecule has 12 nitrogen and oxygen atoms in total. The lowest BCUT2D eigenvalue weighted by Gasteiger charge is -2.32. The largest absolute Gasteiger partial charge is 0.471 e. The normalized spacial score (nSPS) is 13.8. The van der Waals surface area contributed by atoms with Gasteiger partial charge in [-0.3, -0.25) is 0 Å². The highest BCUT2D eigenvalue weighted by Gasteiger charge is 2.61. The first-order chi connectivity index (χ1) is 28.5. The summed E-state index contributed by atoms with van der Waals surface area (Å²) in [4.78, 5) is 31.8. The number of benzene rings is 2. The molecule has 0 radical (unpaired) electrons. The molecule has 4 aromatic rings. The highest BCUT2D eigenvalue weighted by molar-refractivity contribution is 6.11. The Bertz CT molecular complexity index is 2070. The van der Waals surface area contributed by atoms with Gasteiger partial charge in [-0.1, -0.05) is 72.8 Å². The van der Waals surface area contributed by atoms with Gasteiger partial charge < -0.3 is 28.1 Å². The van der Waals surface area contributed by atoms with E-state index in [-0.39, 0.29) is 31.0 Å². The van der Waals surface area contributed by atoms with Crippen molar-refractivity contribution in [3.05, 3.63) is 115 Å². The summed E-state index contributed by atoms with van der Waals surface area (Å²) in [6.07, 6.45) is -13.3. The molecule has 0 unspecified atom stereocenters. The van der Waals surface area contributed by atoms with E-state index >= 15 is 26.3 Å². The number of hydrogen-bond donors (Lipinski definition) is 0. The van der Waals surface area contributed by atoms with Gasteiger partial charge in [0.25, 0.3) is 11.8 Å². The second kappa shape index (κ2) is 19.8. The third-order valence-electron chi connectivity index (χ3n) is 8.25. The fourth-order valence-electron chi connectivity index (χ4n) is 5.52. The van der Waals surface area contributed by atoms with Crippen molar-refractivity contribution >= 4 is 17.9 Å². The molecule has 0 saturated carbocycles. The minimum atomic E-state index is -5.28. The number of halogens is 6. The topological polar surface area (TPSA) is 135 Å². The van der Waals surface area contributed by atoms with Crippen molar-refractivity contribution in [3.8, 4) is 17.5 Å². The summed E-state index contributed by atoms with van der Waals surface area (Å²) in [5.41, 5.74) is -8.34. The second-order valence-corrected chi connectivity index (χ2v) is 15.6. The highest BCUT2D eigenvalue weighted by Crippen LogP contribution is 2.48. The van der Waals surface area contributed by atoms with Crippen molar-refractivity contribution in [3.63, 3.8) is 0 Å². The summed E-state index contributed by atoms with van der Waals surface area (Å²) in [5, 5.41) is 7.46. The van der Waals surface area contributed by atoms with Crippen LogP contribution in [0.15, 0.2) is 96.5 Å². The van der Waals surface area contributed by atoms with Gasteiger partial charge >= 0.3 is 24.5 Å². The monoisotopic (exact) mass is 862 g/mol. The Morgan fingerprint density at radius 3 is 1.85 bits per heavy atom. The Morgan fingerprint density at radius 2 is 1.36 bits per heavy atom. The zero-order chi connectivity index (χ0) is 45.2. The molecule has 2 aromatic heterocycles. The fourth-order valence-corrected chi connectivity index (χ4v) is 5.52. The van der Waals surface area contributed by atoms with Crippen molar-refractivity contribution < 1.29 is 64.0 Å². The van der Waals surface area contributed by atoms with E-state index < -0.39 is 95.1 Å². The van der Waals surface area contributed by atoms with E-state index in [1.165, 1.54) is 65.8 Å². The van der Waals surface area contributed by atoms with Crippen LogP contribution < -0.4 is 9.64 Å². The number of pyridine rings is 1. The summed E-state index contributed by atoms with van der Waals surface area (Å²) >= 11 is 0. The van der Waals surface area contributed by atoms with Crippen molar-refractivity contribution in [1.29, 1.82) is 0 Å². The molecule has 2 amide bonds.